The molecule has 2 nitrogen and oxygen atoms in total. The summed E-state index contributed by atoms with van der Waals surface area (Å²) in [5.74, 6) is 0. The van der Waals surface area contributed by atoms with Gasteiger partial charge in [-0.15, -0.1) is 22.7 Å². The zero-order valence-electron chi connectivity index (χ0n) is 9.80. The Morgan fingerprint density at radius 1 is 1.50 bits per heavy atom. The van der Waals surface area contributed by atoms with E-state index in [0.29, 0.717) is 6.04 Å². The van der Waals surface area contributed by atoms with Crippen LogP contribution in [-0.4, -0.2) is 12.0 Å². The average Bonchev–Trinajstić information content (AvgIpc) is 2.93. The number of nitrogens with one attached hydrogen (secondary N) is 1. The zero-order valence-corrected chi connectivity index (χ0v) is 13.8. The number of halogens is 2. The lowest BCUT2D eigenvalue weighted by atomic mass is 9.98. The second kappa shape index (κ2) is 5.21. The number of nitrogens with zero attached hydrogens (tertiary/aromatic N) is 1. The molecule has 0 radical (unpaired) electrons. The van der Waals surface area contributed by atoms with Gasteiger partial charge in [0.15, 0.2) is 0 Å². The number of fused-ring (bicyclic) bond motifs is 1. The standard InChI is InChI=1S/C12H12BrClN2S2/c1-15-7-3-2-4-8-10(7)18-12(16-8)9-5-6(13)11(14)17-9/h5,7,15H,2-4H2,1H3. The number of rotatable bonds is 2. The fourth-order valence-electron chi connectivity index (χ4n) is 2.25. The average molecular weight is 364 g/mol. The van der Waals surface area contributed by atoms with Crippen LogP contribution in [-0.2, 0) is 6.42 Å². The normalized spacial score (nSPS) is 18.9. The van der Waals surface area contributed by atoms with Crippen LogP contribution in [0.3, 0.4) is 0 Å². The summed E-state index contributed by atoms with van der Waals surface area (Å²) in [6, 6.07) is 2.53. The summed E-state index contributed by atoms with van der Waals surface area (Å²) in [5, 5.41) is 4.48. The lowest BCUT2D eigenvalue weighted by Gasteiger charge is -2.19. The van der Waals surface area contributed by atoms with Crippen molar-refractivity contribution in [2.75, 3.05) is 7.05 Å². The van der Waals surface area contributed by atoms with Gasteiger partial charge in [-0.25, -0.2) is 4.98 Å². The molecule has 2 aromatic heterocycles. The maximum absolute atomic E-state index is 6.10. The first-order valence-electron chi connectivity index (χ1n) is 5.81. The second-order valence-corrected chi connectivity index (χ2v) is 7.84. The van der Waals surface area contributed by atoms with Gasteiger partial charge in [0.1, 0.15) is 9.34 Å². The number of thiazole rings is 1. The van der Waals surface area contributed by atoms with E-state index >= 15 is 0 Å². The Balaban J connectivity index is 2.02. The maximum Gasteiger partial charge on any atom is 0.134 e. The lowest BCUT2D eigenvalue weighted by Crippen LogP contribution is -2.19. The minimum Gasteiger partial charge on any atom is -0.312 e. The smallest absolute Gasteiger partial charge is 0.134 e. The fourth-order valence-corrected chi connectivity index (χ4v) is 5.26. The summed E-state index contributed by atoms with van der Waals surface area (Å²) in [7, 11) is 2.03. The third-order valence-electron chi connectivity index (χ3n) is 3.15. The molecular formula is C12H12BrClN2S2. The third-order valence-corrected chi connectivity index (χ3v) is 7.01. The van der Waals surface area contributed by atoms with E-state index in [1.54, 1.807) is 22.7 Å². The van der Waals surface area contributed by atoms with E-state index in [2.05, 4.69) is 27.3 Å². The number of aromatic nitrogens is 1. The van der Waals surface area contributed by atoms with Crippen molar-refractivity contribution in [2.24, 2.45) is 0 Å². The molecule has 1 atom stereocenters. The summed E-state index contributed by atoms with van der Waals surface area (Å²) in [5.41, 5.74) is 1.27. The Hall–Kier alpha value is 0.0600. The van der Waals surface area contributed by atoms with Crippen LogP contribution >= 0.6 is 50.2 Å². The topological polar surface area (TPSA) is 24.9 Å². The van der Waals surface area contributed by atoms with Crippen LogP contribution in [0.1, 0.15) is 29.5 Å². The molecule has 96 valence electrons. The third kappa shape index (κ3) is 2.27. The molecule has 18 heavy (non-hydrogen) atoms. The molecule has 0 spiro atoms. The first-order chi connectivity index (χ1) is 8.69. The van der Waals surface area contributed by atoms with Crippen molar-refractivity contribution < 1.29 is 0 Å². The summed E-state index contributed by atoms with van der Waals surface area (Å²) in [4.78, 5) is 7.34. The van der Waals surface area contributed by atoms with E-state index in [1.807, 2.05) is 7.05 Å². The van der Waals surface area contributed by atoms with E-state index in [1.165, 1.54) is 23.4 Å². The van der Waals surface area contributed by atoms with Crippen LogP contribution in [0.4, 0.5) is 0 Å². The zero-order chi connectivity index (χ0) is 12.7. The van der Waals surface area contributed by atoms with Crippen molar-refractivity contribution >= 4 is 50.2 Å². The molecule has 0 saturated carbocycles. The van der Waals surface area contributed by atoms with E-state index in [-0.39, 0.29) is 0 Å². The molecule has 0 aromatic carbocycles. The molecule has 2 aromatic rings. The number of hydrogen-bond acceptors (Lipinski definition) is 4. The van der Waals surface area contributed by atoms with Crippen LogP contribution in [0.15, 0.2) is 10.5 Å². The number of hydrogen-bond donors (Lipinski definition) is 1. The minimum atomic E-state index is 0.471. The molecule has 1 N–H and O–H groups in total. The van der Waals surface area contributed by atoms with E-state index in [9.17, 15) is 0 Å². The van der Waals surface area contributed by atoms with Gasteiger partial charge in [-0.05, 0) is 48.3 Å². The first-order valence-corrected chi connectivity index (χ1v) is 8.61. The molecule has 6 heteroatoms. The molecule has 0 fully saturated rings. The predicted molar refractivity (Wildman–Crippen MR) is 82.9 cm³/mol. The van der Waals surface area contributed by atoms with Crippen LogP contribution in [0.2, 0.25) is 4.34 Å². The van der Waals surface area contributed by atoms with Crippen LogP contribution in [0.5, 0.6) is 0 Å². The van der Waals surface area contributed by atoms with Gasteiger partial charge in [0.05, 0.1) is 10.6 Å². The molecule has 0 saturated heterocycles. The highest BCUT2D eigenvalue weighted by Gasteiger charge is 2.24. The fraction of sp³-hybridized carbons (Fsp3) is 0.417. The molecule has 1 unspecified atom stereocenters. The Morgan fingerprint density at radius 3 is 3.00 bits per heavy atom. The van der Waals surface area contributed by atoms with Crippen LogP contribution in [0, 0.1) is 0 Å². The predicted octanol–water partition coefficient (Wildman–Crippen LogP) is 4.88. The van der Waals surface area contributed by atoms with Gasteiger partial charge in [-0.1, -0.05) is 11.6 Å². The molecule has 0 aliphatic heterocycles. The molecular weight excluding hydrogens is 352 g/mol. The van der Waals surface area contributed by atoms with Crippen molar-refractivity contribution in [3.63, 3.8) is 0 Å². The molecule has 0 bridgehead atoms. The van der Waals surface area contributed by atoms with Crippen LogP contribution < -0.4 is 5.32 Å². The molecule has 2 heterocycles. The van der Waals surface area contributed by atoms with E-state index in [4.69, 9.17) is 16.6 Å². The van der Waals surface area contributed by atoms with Gasteiger partial charge in [-0.3, -0.25) is 0 Å². The minimum absolute atomic E-state index is 0.471. The largest absolute Gasteiger partial charge is 0.312 e. The van der Waals surface area contributed by atoms with Crippen molar-refractivity contribution in [1.82, 2.24) is 10.3 Å². The second-order valence-electron chi connectivity index (χ2n) is 4.30. The Kier molecular flexibility index (Phi) is 3.78. The first kappa shape index (κ1) is 13.1. The highest BCUT2D eigenvalue weighted by Crippen LogP contribution is 2.43. The van der Waals surface area contributed by atoms with Gasteiger partial charge < -0.3 is 5.32 Å². The maximum atomic E-state index is 6.10. The van der Waals surface area contributed by atoms with E-state index in [0.717, 1.165) is 25.1 Å². The van der Waals surface area contributed by atoms with Crippen molar-refractivity contribution in [2.45, 2.75) is 25.3 Å². The van der Waals surface area contributed by atoms with Crippen LogP contribution in [0.25, 0.3) is 9.88 Å². The molecule has 1 aliphatic rings. The van der Waals surface area contributed by atoms with Crippen molar-refractivity contribution in [3.8, 4) is 9.88 Å². The van der Waals surface area contributed by atoms with Gasteiger partial charge >= 0.3 is 0 Å². The highest BCUT2D eigenvalue weighted by molar-refractivity contribution is 9.10. The lowest BCUT2D eigenvalue weighted by molar-refractivity contribution is 0.501. The molecule has 3 rings (SSSR count). The quantitative estimate of drug-likeness (QED) is 0.822. The Morgan fingerprint density at radius 2 is 2.33 bits per heavy atom. The Labute approximate surface area is 128 Å². The molecule has 1 aliphatic carbocycles. The highest BCUT2D eigenvalue weighted by atomic mass is 79.9. The monoisotopic (exact) mass is 362 g/mol. The number of aryl methyl sites for hydroxylation is 1. The summed E-state index contributed by atoms with van der Waals surface area (Å²) < 4.78 is 1.76. The van der Waals surface area contributed by atoms with Gasteiger partial charge in [0.2, 0.25) is 0 Å². The summed E-state index contributed by atoms with van der Waals surface area (Å²) in [6.07, 6.45) is 3.53. The van der Waals surface area contributed by atoms with Gasteiger partial charge in [-0.2, -0.15) is 0 Å². The van der Waals surface area contributed by atoms with Gasteiger partial charge in [0.25, 0.3) is 0 Å². The summed E-state index contributed by atoms with van der Waals surface area (Å²) >= 11 is 12.9. The van der Waals surface area contributed by atoms with Crippen molar-refractivity contribution in [1.29, 1.82) is 0 Å². The Bertz CT molecular complexity index is 559. The van der Waals surface area contributed by atoms with Gasteiger partial charge in [0, 0.05) is 15.4 Å². The van der Waals surface area contributed by atoms with E-state index < -0.39 is 0 Å². The molecule has 0 amide bonds. The SMILES string of the molecule is CNC1CCCc2nc(-c3cc(Br)c(Cl)s3)sc21. The summed E-state index contributed by atoms with van der Waals surface area (Å²) in [6.45, 7) is 0. The van der Waals surface area contributed by atoms with Crippen molar-refractivity contribution in [3.05, 3.63) is 25.4 Å². The number of thiophene rings is 1.